The second-order valence-corrected chi connectivity index (χ2v) is 6.04. The van der Waals surface area contributed by atoms with Gasteiger partial charge in [-0.2, -0.15) is 13.2 Å². The Kier molecular flexibility index (Phi) is 5.52. The van der Waals surface area contributed by atoms with Gasteiger partial charge in [0.05, 0.1) is 10.0 Å². The van der Waals surface area contributed by atoms with Crippen molar-refractivity contribution in [3.05, 3.63) is 40.4 Å². The lowest BCUT2D eigenvalue weighted by Crippen LogP contribution is -2.45. The molecule has 0 radical (unpaired) electrons. The molecule has 1 heterocycles. The fourth-order valence-corrected chi connectivity index (χ4v) is 3.11. The van der Waals surface area contributed by atoms with Crippen LogP contribution in [0.4, 0.5) is 13.2 Å². The summed E-state index contributed by atoms with van der Waals surface area (Å²) in [6.45, 7) is 6.33. The van der Waals surface area contributed by atoms with Crippen LogP contribution in [0.1, 0.15) is 23.6 Å². The molecule has 0 amide bonds. The summed E-state index contributed by atoms with van der Waals surface area (Å²) in [5.41, 5.74) is -0.873. The van der Waals surface area contributed by atoms with Crippen LogP contribution in [-0.2, 0) is 6.18 Å². The zero-order chi connectivity index (χ0) is 16.3. The van der Waals surface area contributed by atoms with E-state index in [2.05, 4.69) is 27.8 Å². The predicted octanol–water partition coefficient (Wildman–Crippen LogP) is 3.70. The average molecular weight is 379 g/mol. The first-order valence-electron chi connectivity index (χ1n) is 7.00. The van der Waals surface area contributed by atoms with E-state index < -0.39 is 17.8 Å². The number of halogens is 4. The van der Waals surface area contributed by atoms with E-state index in [4.69, 9.17) is 0 Å². The third-order valence-corrected chi connectivity index (χ3v) is 4.43. The van der Waals surface area contributed by atoms with E-state index in [0.717, 1.165) is 6.07 Å². The zero-order valence-electron chi connectivity index (χ0n) is 12.0. The molecule has 2 N–H and O–H groups in total. The van der Waals surface area contributed by atoms with Crippen LogP contribution in [0.3, 0.4) is 0 Å². The molecule has 1 aliphatic heterocycles. The highest BCUT2D eigenvalue weighted by Crippen LogP contribution is 2.44. The minimum Gasteiger partial charge on any atom is -0.506 e. The van der Waals surface area contributed by atoms with Crippen molar-refractivity contribution in [1.82, 2.24) is 10.2 Å². The van der Waals surface area contributed by atoms with E-state index >= 15 is 0 Å². The standard InChI is InChI=1S/C15H18BrF3N2O/c1-2-3-12(21-8-6-20-7-9-21)13-10(15(17,18)19)4-5-11(16)14(13)22/h2,4-5,12,20,22H,1,3,6-9H2/t12-/m1/s1. The number of phenolic OH excluding ortho intramolecular Hbond substituents is 1. The van der Waals surface area contributed by atoms with Crippen LogP contribution in [-0.4, -0.2) is 36.2 Å². The lowest BCUT2D eigenvalue weighted by atomic mass is 9.94. The summed E-state index contributed by atoms with van der Waals surface area (Å²) in [4.78, 5) is 1.95. The van der Waals surface area contributed by atoms with E-state index in [1.54, 1.807) is 6.08 Å². The van der Waals surface area contributed by atoms with Gasteiger partial charge in [-0.1, -0.05) is 6.08 Å². The van der Waals surface area contributed by atoms with Crippen molar-refractivity contribution in [3.8, 4) is 5.75 Å². The summed E-state index contributed by atoms with van der Waals surface area (Å²) >= 11 is 3.12. The number of rotatable bonds is 4. The van der Waals surface area contributed by atoms with Gasteiger partial charge in [-0.15, -0.1) is 6.58 Å². The van der Waals surface area contributed by atoms with Crippen LogP contribution in [0.15, 0.2) is 29.3 Å². The molecule has 1 fully saturated rings. The molecule has 0 aromatic heterocycles. The number of alkyl halides is 3. The van der Waals surface area contributed by atoms with Gasteiger partial charge in [-0.25, -0.2) is 0 Å². The molecule has 1 aliphatic rings. The topological polar surface area (TPSA) is 35.5 Å². The van der Waals surface area contributed by atoms with E-state index in [9.17, 15) is 18.3 Å². The monoisotopic (exact) mass is 378 g/mol. The molecule has 0 saturated carbocycles. The van der Waals surface area contributed by atoms with E-state index in [1.807, 2.05) is 4.90 Å². The van der Waals surface area contributed by atoms with Crippen LogP contribution >= 0.6 is 15.9 Å². The second-order valence-electron chi connectivity index (χ2n) is 5.18. The number of benzene rings is 1. The van der Waals surface area contributed by atoms with Crippen molar-refractivity contribution in [2.75, 3.05) is 26.2 Å². The Morgan fingerprint density at radius 2 is 2.00 bits per heavy atom. The first-order chi connectivity index (χ1) is 10.4. The molecule has 1 atom stereocenters. The molecular weight excluding hydrogens is 361 g/mol. The highest BCUT2D eigenvalue weighted by molar-refractivity contribution is 9.10. The zero-order valence-corrected chi connectivity index (χ0v) is 13.5. The summed E-state index contributed by atoms with van der Waals surface area (Å²) in [6, 6.07) is 1.69. The molecule has 0 bridgehead atoms. The smallest absolute Gasteiger partial charge is 0.416 e. The normalized spacial score (nSPS) is 18.2. The third kappa shape index (κ3) is 3.64. The Bertz CT molecular complexity index is 542. The molecular formula is C15H18BrF3N2O. The number of aromatic hydroxyl groups is 1. The summed E-state index contributed by atoms with van der Waals surface area (Å²) in [5, 5.41) is 13.4. The maximum Gasteiger partial charge on any atom is 0.416 e. The molecule has 1 aromatic carbocycles. The molecule has 122 valence electrons. The van der Waals surface area contributed by atoms with E-state index in [-0.39, 0.29) is 15.8 Å². The Hall–Kier alpha value is -1.05. The molecule has 2 rings (SSSR count). The highest BCUT2D eigenvalue weighted by atomic mass is 79.9. The number of phenols is 1. The van der Waals surface area contributed by atoms with Gasteiger partial charge >= 0.3 is 6.18 Å². The summed E-state index contributed by atoms with van der Waals surface area (Å²) in [5.74, 6) is -0.347. The summed E-state index contributed by atoms with van der Waals surface area (Å²) in [6.07, 6.45) is -2.58. The third-order valence-electron chi connectivity index (χ3n) is 3.79. The fourth-order valence-electron chi connectivity index (χ4n) is 2.77. The summed E-state index contributed by atoms with van der Waals surface area (Å²) in [7, 11) is 0. The largest absolute Gasteiger partial charge is 0.506 e. The molecule has 3 nitrogen and oxygen atoms in total. The Balaban J connectivity index is 2.53. The van der Waals surface area contributed by atoms with Gasteiger partial charge in [0.1, 0.15) is 5.75 Å². The van der Waals surface area contributed by atoms with Crippen LogP contribution in [0.5, 0.6) is 5.75 Å². The van der Waals surface area contributed by atoms with Gasteiger partial charge in [0, 0.05) is 37.8 Å². The first-order valence-corrected chi connectivity index (χ1v) is 7.79. The highest BCUT2D eigenvalue weighted by Gasteiger charge is 2.38. The Morgan fingerprint density at radius 1 is 1.36 bits per heavy atom. The number of nitrogens with zero attached hydrogens (tertiary/aromatic N) is 1. The van der Waals surface area contributed by atoms with Gasteiger partial charge in [-0.05, 0) is 34.5 Å². The van der Waals surface area contributed by atoms with Gasteiger partial charge in [0.25, 0.3) is 0 Å². The van der Waals surface area contributed by atoms with Crippen molar-refractivity contribution >= 4 is 15.9 Å². The predicted molar refractivity (Wildman–Crippen MR) is 82.8 cm³/mol. The van der Waals surface area contributed by atoms with E-state index in [0.29, 0.717) is 32.6 Å². The molecule has 1 saturated heterocycles. The van der Waals surface area contributed by atoms with Gasteiger partial charge < -0.3 is 10.4 Å². The Labute approximate surface area is 135 Å². The van der Waals surface area contributed by atoms with Crippen LogP contribution in [0.25, 0.3) is 0 Å². The lowest BCUT2D eigenvalue weighted by molar-refractivity contribution is -0.139. The maximum absolute atomic E-state index is 13.3. The second kappa shape index (κ2) is 7.02. The lowest BCUT2D eigenvalue weighted by Gasteiger charge is -2.36. The van der Waals surface area contributed by atoms with Crippen LogP contribution in [0, 0.1) is 0 Å². The van der Waals surface area contributed by atoms with Gasteiger partial charge in [-0.3, -0.25) is 4.90 Å². The van der Waals surface area contributed by atoms with Crippen molar-refractivity contribution in [1.29, 1.82) is 0 Å². The van der Waals surface area contributed by atoms with Crippen molar-refractivity contribution in [2.24, 2.45) is 0 Å². The number of hydrogen-bond donors (Lipinski definition) is 2. The fraction of sp³-hybridized carbons (Fsp3) is 0.467. The minimum atomic E-state index is -4.51. The molecule has 0 unspecified atom stereocenters. The molecule has 1 aromatic rings. The Morgan fingerprint density at radius 3 is 2.55 bits per heavy atom. The van der Waals surface area contributed by atoms with Crippen molar-refractivity contribution < 1.29 is 18.3 Å². The van der Waals surface area contributed by atoms with Crippen LogP contribution in [0.2, 0.25) is 0 Å². The van der Waals surface area contributed by atoms with Crippen LogP contribution < -0.4 is 5.32 Å². The van der Waals surface area contributed by atoms with Gasteiger partial charge in [0.2, 0.25) is 0 Å². The van der Waals surface area contributed by atoms with E-state index in [1.165, 1.54) is 6.07 Å². The van der Waals surface area contributed by atoms with Gasteiger partial charge in [0.15, 0.2) is 0 Å². The quantitative estimate of drug-likeness (QED) is 0.784. The molecule has 0 aliphatic carbocycles. The number of piperazine rings is 1. The first kappa shape index (κ1) is 17.3. The molecule has 0 spiro atoms. The number of hydrogen-bond acceptors (Lipinski definition) is 3. The summed E-state index contributed by atoms with van der Waals surface area (Å²) < 4.78 is 40.3. The molecule has 22 heavy (non-hydrogen) atoms. The van der Waals surface area contributed by atoms with Crippen molar-refractivity contribution in [3.63, 3.8) is 0 Å². The SMILES string of the molecule is C=CC[C@H](c1c(C(F)(F)F)ccc(Br)c1O)N1CCNCC1. The van der Waals surface area contributed by atoms with Crippen molar-refractivity contribution in [2.45, 2.75) is 18.6 Å². The number of nitrogens with one attached hydrogen (secondary N) is 1. The molecule has 7 heteroatoms. The maximum atomic E-state index is 13.3. The average Bonchev–Trinajstić information content (AvgIpc) is 2.47. The minimum absolute atomic E-state index is 0.0799.